The van der Waals surface area contributed by atoms with Crippen molar-refractivity contribution in [2.75, 3.05) is 0 Å². The van der Waals surface area contributed by atoms with Gasteiger partial charge in [0.05, 0.1) is 5.41 Å². The largest absolute Gasteiger partial charge is 0.528 e. The minimum atomic E-state index is -0.204. The van der Waals surface area contributed by atoms with E-state index in [1.807, 2.05) is 0 Å². The highest BCUT2D eigenvalue weighted by Crippen LogP contribution is 2.44. The van der Waals surface area contributed by atoms with Gasteiger partial charge >= 0.3 is 0 Å². The summed E-state index contributed by atoms with van der Waals surface area (Å²) >= 11 is 0. The molecule has 0 N–H and O–H groups in total. The molecule has 156 valence electrons. The highest BCUT2D eigenvalue weighted by molar-refractivity contribution is 6.06. The Morgan fingerprint density at radius 1 is 0.769 bits per heavy atom. The average molecular weight is 385 g/mol. The van der Waals surface area contributed by atoms with Gasteiger partial charge in [-0.2, -0.15) is 0 Å². The maximum Gasteiger partial charge on any atom is 0.298 e. The molecule has 0 aliphatic carbocycles. The van der Waals surface area contributed by atoms with Gasteiger partial charge in [0, 0.05) is 0 Å². The minimum Gasteiger partial charge on any atom is -0.528 e. The predicted octanol–water partition coefficient (Wildman–Crippen LogP) is 6.73. The zero-order chi connectivity index (χ0) is 19.7. The molecule has 1 unspecified atom stereocenters. The summed E-state index contributed by atoms with van der Waals surface area (Å²) in [6.45, 7) is 9.07. The molecule has 3 heteroatoms. The summed E-state index contributed by atoms with van der Waals surface area (Å²) in [4.78, 5) is 13.1. The standard InChI is InChI=1S/C23H48O2Si/c1-5-9-12-15-18-21(8-4)23(22(24)25-26,19-16-13-10-6-2)20-17-14-11-7-3/h21H,5-20H2,1-4,26H3. The average Bonchev–Trinajstić information content (AvgIpc) is 2.66. The number of unbranched alkanes of at least 4 members (excludes halogenated alkanes) is 9. The van der Waals surface area contributed by atoms with Crippen LogP contribution in [0.2, 0.25) is 0 Å². The molecule has 0 aromatic carbocycles. The SMILES string of the molecule is CCCCCCC(CC)C(CCCCCC)(CCCCCC)C(=O)O[SiH3]. The van der Waals surface area contributed by atoms with E-state index in [1.165, 1.54) is 83.5 Å². The third kappa shape index (κ3) is 9.57. The zero-order valence-corrected chi connectivity index (χ0v) is 20.7. The van der Waals surface area contributed by atoms with Crippen molar-refractivity contribution in [1.29, 1.82) is 0 Å². The summed E-state index contributed by atoms with van der Waals surface area (Å²) in [5, 5.41) is 0. The van der Waals surface area contributed by atoms with Crippen LogP contribution < -0.4 is 0 Å². The van der Waals surface area contributed by atoms with Crippen molar-refractivity contribution in [3.63, 3.8) is 0 Å². The lowest BCUT2D eigenvalue weighted by atomic mass is 9.65. The number of hydrogen-bond donors (Lipinski definition) is 0. The van der Waals surface area contributed by atoms with Crippen LogP contribution >= 0.6 is 0 Å². The van der Waals surface area contributed by atoms with E-state index in [4.69, 9.17) is 4.43 Å². The molecule has 0 aliphatic heterocycles. The fourth-order valence-corrected chi connectivity index (χ4v) is 4.94. The first-order valence-corrected chi connectivity index (χ1v) is 12.5. The third-order valence-corrected chi connectivity index (χ3v) is 6.60. The van der Waals surface area contributed by atoms with E-state index >= 15 is 0 Å². The molecule has 0 saturated carbocycles. The third-order valence-electron chi connectivity index (χ3n) is 6.23. The van der Waals surface area contributed by atoms with Gasteiger partial charge in [-0.25, -0.2) is 0 Å². The summed E-state index contributed by atoms with van der Waals surface area (Å²) in [7, 11) is 0.529. The molecule has 0 heterocycles. The van der Waals surface area contributed by atoms with E-state index in [0.717, 1.165) is 19.3 Å². The van der Waals surface area contributed by atoms with Crippen LogP contribution in [0.15, 0.2) is 0 Å². The smallest absolute Gasteiger partial charge is 0.298 e. The van der Waals surface area contributed by atoms with E-state index in [-0.39, 0.29) is 11.4 Å². The molecule has 0 rings (SSSR count). The lowest BCUT2D eigenvalue weighted by Gasteiger charge is -2.39. The lowest BCUT2D eigenvalue weighted by Crippen LogP contribution is -2.40. The molecule has 1 atom stereocenters. The number of carbonyl (C=O) groups excluding carboxylic acids is 1. The van der Waals surface area contributed by atoms with Crippen LogP contribution in [0.1, 0.15) is 130 Å². The van der Waals surface area contributed by atoms with Gasteiger partial charge in [0.1, 0.15) is 0 Å². The molecule has 0 aromatic rings. The van der Waals surface area contributed by atoms with Crippen LogP contribution in [0.25, 0.3) is 0 Å². The first-order chi connectivity index (χ1) is 12.6. The summed E-state index contributed by atoms with van der Waals surface area (Å²) in [5.74, 6) is 0.642. The lowest BCUT2D eigenvalue weighted by molar-refractivity contribution is -0.151. The molecule has 0 bridgehead atoms. The van der Waals surface area contributed by atoms with E-state index in [9.17, 15) is 4.79 Å². The number of rotatable bonds is 18. The van der Waals surface area contributed by atoms with Crippen molar-refractivity contribution in [3.8, 4) is 0 Å². The highest BCUT2D eigenvalue weighted by atomic mass is 28.2. The topological polar surface area (TPSA) is 26.3 Å². The second-order valence-corrected chi connectivity index (χ2v) is 8.63. The molecule has 0 spiro atoms. The molecule has 0 saturated heterocycles. The van der Waals surface area contributed by atoms with Gasteiger partial charge in [0.2, 0.25) is 10.5 Å². The van der Waals surface area contributed by atoms with Gasteiger partial charge in [0.15, 0.2) is 0 Å². The summed E-state index contributed by atoms with van der Waals surface area (Å²) < 4.78 is 5.54. The maximum absolute atomic E-state index is 13.1. The van der Waals surface area contributed by atoms with Gasteiger partial charge in [-0.05, 0) is 25.2 Å². The van der Waals surface area contributed by atoms with Crippen molar-refractivity contribution in [2.24, 2.45) is 11.3 Å². The van der Waals surface area contributed by atoms with E-state index in [2.05, 4.69) is 27.7 Å². The number of carbonyl (C=O) groups is 1. The molecule has 0 radical (unpaired) electrons. The second kappa shape index (κ2) is 16.8. The summed E-state index contributed by atoms with van der Waals surface area (Å²) in [6.07, 6.45) is 19.6. The highest BCUT2D eigenvalue weighted by Gasteiger charge is 2.43. The molecular weight excluding hydrogens is 336 g/mol. The van der Waals surface area contributed by atoms with Gasteiger partial charge in [-0.15, -0.1) is 0 Å². The van der Waals surface area contributed by atoms with Gasteiger partial charge < -0.3 is 4.43 Å². The summed E-state index contributed by atoms with van der Waals surface area (Å²) in [5.41, 5.74) is -0.204. The Labute approximate surface area is 167 Å². The van der Waals surface area contributed by atoms with Crippen LogP contribution in [-0.2, 0) is 9.22 Å². The minimum absolute atomic E-state index is 0.138. The second-order valence-electron chi connectivity index (χ2n) is 8.22. The molecular formula is C23H48O2Si. The molecule has 0 aromatic heterocycles. The van der Waals surface area contributed by atoms with Gasteiger partial charge in [-0.3, -0.25) is 4.79 Å². The quantitative estimate of drug-likeness (QED) is 0.193. The fraction of sp³-hybridized carbons (Fsp3) is 0.957. The van der Waals surface area contributed by atoms with Crippen LogP contribution in [0.4, 0.5) is 0 Å². The van der Waals surface area contributed by atoms with Crippen LogP contribution in [-0.4, -0.2) is 16.5 Å². The van der Waals surface area contributed by atoms with Crippen LogP contribution in [0.3, 0.4) is 0 Å². The predicted molar refractivity (Wildman–Crippen MR) is 119 cm³/mol. The zero-order valence-electron chi connectivity index (χ0n) is 18.7. The van der Waals surface area contributed by atoms with Crippen LogP contribution in [0.5, 0.6) is 0 Å². The number of hydrogen-bond acceptors (Lipinski definition) is 2. The Bertz CT molecular complexity index is 318. The maximum atomic E-state index is 13.1. The van der Waals surface area contributed by atoms with Crippen molar-refractivity contribution < 1.29 is 9.22 Å². The van der Waals surface area contributed by atoms with E-state index in [1.54, 1.807) is 0 Å². The Hall–Kier alpha value is -0.313. The van der Waals surface area contributed by atoms with Crippen molar-refractivity contribution >= 4 is 16.5 Å². The summed E-state index contributed by atoms with van der Waals surface area (Å²) in [6, 6.07) is 0. The Kier molecular flexibility index (Phi) is 16.6. The molecule has 2 nitrogen and oxygen atoms in total. The molecule has 0 amide bonds. The monoisotopic (exact) mass is 384 g/mol. The van der Waals surface area contributed by atoms with Crippen molar-refractivity contribution in [1.82, 2.24) is 0 Å². The Morgan fingerprint density at radius 3 is 1.62 bits per heavy atom. The van der Waals surface area contributed by atoms with E-state index in [0.29, 0.717) is 16.4 Å². The molecule has 0 aliphatic rings. The first-order valence-electron chi connectivity index (χ1n) is 11.7. The molecule has 26 heavy (non-hydrogen) atoms. The van der Waals surface area contributed by atoms with Gasteiger partial charge in [-0.1, -0.05) is 111 Å². The normalized spacial score (nSPS) is 13.1. The Balaban J connectivity index is 5.17. The van der Waals surface area contributed by atoms with Crippen molar-refractivity contribution in [3.05, 3.63) is 0 Å². The van der Waals surface area contributed by atoms with Crippen LogP contribution in [0, 0.1) is 11.3 Å². The molecule has 0 fully saturated rings. The first kappa shape index (κ1) is 25.7. The Morgan fingerprint density at radius 2 is 1.23 bits per heavy atom. The van der Waals surface area contributed by atoms with Gasteiger partial charge in [0.25, 0.3) is 5.97 Å². The van der Waals surface area contributed by atoms with Crippen molar-refractivity contribution in [2.45, 2.75) is 130 Å². The fourth-order valence-electron chi connectivity index (χ4n) is 4.53. The van der Waals surface area contributed by atoms with E-state index < -0.39 is 0 Å².